The van der Waals surface area contributed by atoms with Crippen molar-refractivity contribution >= 4 is 34.3 Å². The maximum absolute atomic E-state index is 13.3. The molecule has 2 aromatic carbocycles. The summed E-state index contributed by atoms with van der Waals surface area (Å²) >= 11 is 5.89. The summed E-state index contributed by atoms with van der Waals surface area (Å²) in [5, 5.41) is 26.0. The molecule has 4 rings (SSSR count). The first-order chi connectivity index (χ1) is 12.8. The molecule has 138 valence electrons. The molecule has 7 nitrogen and oxygen atoms in total. The second-order valence-corrected chi connectivity index (χ2v) is 6.70. The molecule has 1 aromatic heterocycles. The van der Waals surface area contributed by atoms with E-state index in [1.54, 1.807) is 0 Å². The van der Waals surface area contributed by atoms with Crippen molar-refractivity contribution in [1.82, 2.24) is 15.2 Å². The van der Waals surface area contributed by atoms with Gasteiger partial charge in [0.1, 0.15) is 11.6 Å². The molecule has 0 bridgehead atoms. The third kappa shape index (κ3) is 2.65. The van der Waals surface area contributed by atoms with E-state index in [0.29, 0.717) is 16.3 Å². The number of urea groups is 1. The first kappa shape index (κ1) is 17.2. The van der Waals surface area contributed by atoms with Crippen molar-refractivity contribution in [3.63, 3.8) is 0 Å². The summed E-state index contributed by atoms with van der Waals surface area (Å²) in [5.74, 6) is -1.46. The molecule has 1 aliphatic heterocycles. The van der Waals surface area contributed by atoms with E-state index in [1.807, 2.05) is 0 Å². The number of phenols is 1. The van der Waals surface area contributed by atoms with Gasteiger partial charge in [0, 0.05) is 17.0 Å². The van der Waals surface area contributed by atoms with E-state index in [9.17, 15) is 24.2 Å². The van der Waals surface area contributed by atoms with Crippen LogP contribution in [-0.4, -0.2) is 26.7 Å². The lowest BCUT2D eigenvalue weighted by molar-refractivity contribution is -0.124. The number of aromatic hydroxyl groups is 2. The Kier molecular flexibility index (Phi) is 3.74. The number of fused-ring (bicyclic) bond motifs is 1. The highest BCUT2D eigenvalue weighted by Crippen LogP contribution is 2.37. The molecule has 0 aliphatic carbocycles. The Balaban J connectivity index is 1.85. The molecule has 2 heterocycles. The van der Waals surface area contributed by atoms with Crippen LogP contribution in [0.1, 0.15) is 5.56 Å². The summed E-state index contributed by atoms with van der Waals surface area (Å²) in [6.07, 6.45) is 1.52. The fourth-order valence-electron chi connectivity index (χ4n) is 3.27. The highest BCUT2D eigenvalue weighted by molar-refractivity contribution is 6.32. The average molecular weight is 390 g/mol. The predicted octanol–water partition coefficient (Wildman–Crippen LogP) is 2.58. The van der Waals surface area contributed by atoms with Crippen molar-refractivity contribution in [2.75, 3.05) is 0 Å². The van der Waals surface area contributed by atoms with Crippen LogP contribution in [-0.2, 0) is 16.9 Å². The standard InChI is InChI=1S/C18H13ClFN3O4/c19-13-6-12-9(5-14(13)24)7-23(15(12)25)8-18(16(26)21-17(27)22-18)10-1-3-11(20)4-2-10/h1-7,24-25H,8H2,(H2,21,22,26,27)/t18-/m0/s1. The average Bonchev–Trinajstić information content (AvgIpc) is 3.06. The van der Waals surface area contributed by atoms with Gasteiger partial charge in [-0.15, -0.1) is 0 Å². The number of aromatic nitrogens is 1. The Morgan fingerprint density at radius 1 is 1.15 bits per heavy atom. The first-order valence-electron chi connectivity index (χ1n) is 7.90. The molecule has 1 atom stereocenters. The quantitative estimate of drug-likeness (QED) is 0.517. The molecular formula is C18H13ClFN3O4. The number of hydrogen-bond donors (Lipinski definition) is 4. The van der Waals surface area contributed by atoms with Crippen molar-refractivity contribution in [3.05, 3.63) is 59.0 Å². The van der Waals surface area contributed by atoms with Gasteiger partial charge >= 0.3 is 6.03 Å². The first-order valence-corrected chi connectivity index (χ1v) is 8.28. The van der Waals surface area contributed by atoms with Crippen LogP contribution < -0.4 is 10.6 Å². The third-order valence-electron chi connectivity index (χ3n) is 4.61. The zero-order valence-electron chi connectivity index (χ0n) is 13.7. The number of rotatable bonds is 3. The summed E-state index contributed by atoms with van der Waals surface area (Å²) < 4.78 is 14.7. The van der Waals surface area contributed by atoms with Crippen molar-refractivity contribution in [1.29, 1.82) is 0 Å². The Bertz CT molecular complexity index is 1100. The number of nitrogens with zero attached hydrogens (tertiary/aromatic N) is 1. The number of hydrogen-bond acceptors (Lipinski definition) is 4. The minimum atomic E-state index is -1.54. The number of halogens is 2. The van der Waals surface area contributed by atoms with Gasteiger partial charge in [0.2, 0.25) is 0 Å². The summed E-state index contributed by atoms with van der Waals surface area (Å²) in [5.41, 5.74) is -1.19. The monoisotopic (exact) mass is 389 g/mol. The smallest absolute Gasteiger partial charge is 0.322 e. The number of imide groups is 1. The van der Waals surface area contributed by atoms with E-state index in [0.717, 1.165) is 0 Å². The Labute approximate surface area is 157 Å². The normalized spacial score (nSPS) is 19.3. The molecule has 0 unspecified atom stereocenters. The topological polar surface area (TPSA) is 104 Å². The second-order valence-electron chi connectivity index (χ2n) is 6.29. The maximum Gasteiger partial charge on any atom is 0.322 e. The lowest BCUT2D eigenvalue weighted by Gasteiger charge is -2.27. The molecule has 9 heteroatoms. The molecule has 3 aromatic rings. The molecule has 27 heavy (non-hydrogen) atoms. The molecule has 4 N–H and O–H groups in total. The fourth-order valence-corrected chi connectivity index (χ4v) is 3.43. The number of amides is 3. The van der Waals surface area contributed by atoms with Gasteiger partial charge in [-0.1, -0.05) is 23.7 Å². The lowest BCUT2D eigenvalue weighted by atomic mass is 9.89. The lowest BCUT2D eigenvalue weighted by Crippen LogP contribution is -2.47. The van der Waals surface area contributed by atoms with E-state index in [4.69, 9.17) is 11.6 Å². The minimum Gasteiger partial charge on any atom is -0.506 e. The van der Waals surface area contributed by atoms with E-state index in [2.05, 4.69) is 10.6 Å². The Morgan fingerprint density at radius 3 is 2.48 bits per heavy atom. The zero-order valence-corrected chi connectivity index (χ0v) is 14.4. The number of nitrogens with one attached hydrogen (secondary N) is 2. The van der Waals surface area contributed by atoms with Crippen LogP contribution in [0, 0.1) is 5.82 Å². The van der Waals surface area contributed by atoms with Crippen molar-refractivity contribution in [3.8, 4) is 11.6 Å². The SMILES string of the molecule is O=C1NC(=O)[C@](Cn2cc3cc(O)c(Cl)cc3c2O)(c2ccc(F)cc2)N1. The van der Waals surface area contributed by atoms with E-state index < -0.39 is 23.3 Å². The third-order valence-corrected chi connectivity index (χ3v) is 4.92. The van der Waals surface area contributed by atoms with Crippen molar-refractivity contribution in [2.45, 2.75) is 12.1 Å². The molecule has 1 fully saturated rings. The molecule has 1 aliphatic rings. The highest BCUT2D eigenvalue weighted by Gasteiger charge is 2.48. The maximum atomic E-state index is 13.3. The van der Waals surface area contributed by atoms with Gasteiger partial charge in [0.15, 0.2) is 11.4 Å². The predicted molar refractivity (Wildman–Crippen MR) is 95.0 cm³/mol. The highest BCUT2D eigenvalue weighted by atomic mass is 35.5. The van der Waals surface area contributed by atoms with Crippen LogP contribution >= 0.6 is 11.6 Å². The van der Waals surface area contributed by atoms with E-state index >= 15 is 0 Å². The van der Waals surface area contributed by atoms with Crippen molar-refractivity contribution < 1.29 is 24.2 Å². The molecule has 0 saturated carbocycles. The Hall–Kier alpha value is -3.26. The summed E-state index contributed by atoms with van der Waals surface area (Å²) in [7, 11) is 0. The van der Waals surface area contributed by atoms with Gasteiger partial charge in [-0.05, 0) is 29.8 Å². The van der Waals surface area contributed by atoms with Crippen LogP contribution in [0.15, 0.2) is 42.6 Å². The van der Waals surface area contributed by atoms with Gasteiger partial charge in [-0.25, -0.2) is 9.18 Å². The molecule has 3 amide bonds. The number of carbonyl (C=O) groups is 2. The van der Waals surface area contributed by atoms with Crippen LogP contribution in [0.25, 0.3) is 10.8 Å². The minimum absolute atomic E-state index is 0.0655. The molecule has 1 saturated heterocycles. The van der Waals surface area contributed by atoms with Gasteiger partial charge in [0.05, 0.1) is 11.6 Å². The number of carbonyl (C=O) groups excluding carboxylic acids is 2. The van der Waals surface area contributed by atoms with Gasteiger partial charge in [0.25, 0.3) is 5.91 Å². The molecule has 0 spiro atoms. The van der Waals surface area contributed by atoms with E-state index in [1.165, 1.54) is 47.2 Å². The van der Waals surface area contributed by atoms with Crippen LogP contribution in [0.5, 0.6) is 11.6 Å². The number of phenolic OH excluding ortho intramolecular Hbond substituents is 1. The zero-order chi connectivity index (χ0) is 19.3. The van der Waals surface area contributed by atoms with Crippen LogP contribution in [0.4, 0.5) is 9.18 Å². The molecular weight excluding hydrogens is 377 g/mol. The Morgan fingerprint density at radius 2 is 1.85 bits per heavy atom. The summed E-state index contributed by atoms with van der Waals surface area (Å²) in [6, 6.07) is 7.23. The summed E-state index contributed by atoms with van der Waals surface area (Å²) in [4.78, 5) is 24.4. The van der Waals surface area contributed by atoms with E-state index in [-0.39, 0.29) is 23.2 Å². The second kappa shape index (κ2) is 5.88. The van der Waals surface area contributed by atoms with Gasteiger partial charge in [-0.2, -0.15) is 0 Å². The van der Waals surface area contributed by atoms with Crippen LogP contribution in [0.3, 0.4) is 0 Å². The van der Waals surface area contributed by atoms with Gasteiger partial charge in [-0.3, -0.25) is 10.1 Å². The summed E-state index contributed by atoms with van der Waals surface area (Å²) in [6.45, 7) is -0.158. The fraction of sp³-hybridized carbons (Fsp3) is 0.111. The largest absolute Gasteiger partial charge is 0.506 e. The molecule has 0 radical (unpaired) electrons. The van der Waals surface area contributed by atoms with Crippen LogP contribution in [0.2, 0.25) is 5.02 Å². The van der Waals surface area contributed by atoms with Gasteiger partial charge < -0.3 is 20.1 Å². The number of benzene rings is 2. The van der Waals surface area contributed by atoms with Crippen molar-refractivity contribution in [2.24, 2.45) is 0 Å².